The molecule has 2 rings (SSSR count). The van der Waals surface area contributed by atoms with Gasteiger partial charge in [-0.1, -0.05) is 27.7 Å². The lowest BCUT2D eigenvalue weighted by Gasteiger charge is -2.07. The minimum Gasteiger partial charge on any atom is -0.353 e. The molecule has 5 nitrogen and oxygen atoms in total. The van der Waals surface area contributed by atoms with E-state index in [0.717, 1.165) is 42.9 Å². The Morgan fingerprint density at radius 1 is 1.10 bits per heavy atom. The Labute approximate surface area is 130 Å². The third-order valence-corrected chi connectivity index (χ3v) is 4.43. The van der Waals surface area contributed by atoms with Crippen LogP contribution < -0.4 is 5.32 Å². The molecule has 0 fully saturated rings. The van der Waals surface area contributed by atoms with Gasteiger partial charge in [0.15, 0.2) is 0 Å². The van der Waals surface area contributed by atoms with Gasteiger partial charge in [0.2, 0.25) is 5.95 Å². The first-order chi connectivity index (χ1) is 10.1. The van der Waals surface area contributed by atoms with Gasteiger partial charge in [0.25, 0.3) is 0 Å². The zero-order chi connectivity index (χ0) is 15.2. The molecule has 0 atom stereocenters. The lowest BCUT2D eigenvalue weighted by molar-refractivity contribution is 0.811. The first-order valence-corrected chi connectivity index (χ1v) is 8.42. The summed E-state index contributed by atoms with van der Waals surface area (Å²) in [6.45, 7) is 9.28. The Kier molecular flexibility index (Phi) is 5.61. The Hall–Kier alpha value is -1.56. The third kappa shape index (κ3) is 4.20. The summed E-state index contributed by atoms with van der Waals surface area (Å²) in [7, 11) is 0. The summed E-state index contributed by atoms with van der Waals surface area (Å²) >= 11 is 1.73. The summed E-state index contributed by atoms with van der Waals surface area (Å²) in [5, 5.41) is 14.9. The topological polar surface area (TPSA) is 63.6 Å². The second-order valence-corrected chi connectivity index (χ2v) is 6.13. The maximum absolute atomic E-state index is 4.62. The van der Waals surface area contributed by atoms with Gasteiger partial charge in [-0.15, -0.1) is 16.4 Å². The smallest absolute Gasteiger partial charge is 0.242 e. The molecule has 21 heavy (non-hydrogen) atoms. The van der Waals surface area contributed by atoms with Crippen molar-refractivity contribution in [2.24, 2.45) is 0 Å². The quantitative estimate of drug-likeness (QED) is 0.851. The molecule has 0 saturated heterocycles. The first kappa shape index (κ1) is 15.8. The number of anilines is 1. The van der Waals surface area contributed by atoms with E-state index in [1.54, 1.807) is 11.3 Å². The van der Waals surface area contributed by atoms with E-state index in [-0.39, 0.29) is 0 Å². The molecule has 114 valence electrons. The number of thiazole rings is 1. The number of aryl methyl sites for hydroxylation is 2. The molecule has 6 heteroatoms. The van der Waals surface area contributed by atoms with Crippen LogP contribution in [0.1, 0.15) is 55.7 Å². The average Bonchev–Trinajstić information content (AvgIpc) is 2.96. The van der Waals surface area contributed by atoms with Gasteiger partial charge >= 0.3 is 0 Å². The molecule has 0 bridgehead atoms. The number of nitrogens with zero attached hydrogens (tertiary/aromatic N) is 4. The molecular formula is C15H23N5S. The van der Waals surface area contributed by atoms with Crippen molar-refractivity contribution in [1.82, 2.24) is 20.2 Å². The summed E-state index contributed by atoms with van der Waals surface area (Å²) in [5.41, 5.74) is 3.15. The van der Waals surface area contributed by atoms with E-state index in [4.69, 9.17) is 0 Å². The summed E-state index contributed by atoms with van der Waals surface area (Å²) in [5.74, 6) is 1.11. The highest BCUT2D eigenvalue weighted by Gasteiger charge is 2.07. The largest absolute Gasteiger partial charge is 0.353 e. The van der Waals surface area contributed by atoms with Crippen LogP contribution in [0.25, 0.3) is 0 Å². The van der Waals surface area contributed by atoms with E-state index >= 15 is 0 Å². The van der Waals surface area contributed by atoms with Gasteiger partial charge in [0.05, 0.1) is 22.1 Å². The Balaban J connectivity index is 1.90. The molecule has 0 aromatic carbocycles. The molecular weight excluding hydrogens is 282 g/mol. The summed E-state index contributed by atoms with van der Waals surface area (Å²) in [6.07, 6.45) is 2.64. The molecule has 1 N–H and O–H groups in total. The molecule has 2 heterocycles. The van der Waals surface area contributed by atoms with E-state index in [1.807, 2.05) is 0 Å². The van der Waals surface area contributed by atoms with Crippen LogP contribution in [-0.4, -0.2) is 26.7 Å². The molecule has 0 aliphatic carbocycles. The van der Waals surface area contributed by atoms with Gasteiger partial charge in [-0.05, 0) is 12.8 Å². The van der Waals surface area contributed by atoms with Crippen LogP contribution in [0, 0.1) is 0 Å². The molecule has 0 aliphatic heterocycles. The lowest BCUT2D eigenvalue weighted by Crippen LogP contribution is -2.12. The fraction of sp³-hybridized carbons (Fsp3) is 0.600. The Morgan fingerprint density at radius 3 is 2.48 bits per heavy atom. The second-order valence-electron chi connectivity index (χ2n) is 5.24. The molecule has 0 spiro atoms. The third-order valence-electron chi connectivity index (χ3n) is 3.24. The summed E-state index contributed by atoms with van der Waals surface area (Å²) < 4.78 is 0. The van der Waals surface area contributed by atoms with Gasteiger partial charge in [-0.3, -0.25) is 0 Å². The van der Waals surface area contributed by atoms with Crippen molar-refractivity contribution >= 4 is 17.3 Å². The zero-order valence-electron chi connectivity index (χ0n) is 13.2. The number of hydrogen-bond acceptors (Lipinski definition) is 6. The Bertz CT molecular complexity index is 579. The number of hydrogen-bond donors (Lipinski definition) is 1. The van der Waals surface area contributed by atoms with Gasteiger partial charge < -0.3 is 5.32 Å². The van der Waals surface area contributed by atoms with Gasteiger partial charge in [-0.2, -0.15) is 5.10 Å². The zero-order valence-corrected chi connectivity index (χ0v) is 14.0. The highest BCUT2D eigenvalue weighted by Crippen LogP contribution is 2.19. The minimum atomic E-state index is 0.498. The molecule has 2 aromatic rings. The van der Waals surface area contributed by atoms with Crippen molar-refractivity contribution in [2.45, 2.75) is 52.9 Å². The Morgan fingerprint density at radius 2 is 1.86 bits per heavy atom. The van der Waals surface area contributed by atoms with E-state index in [0.29, 0.717) is 11.9 Å². The predicted molar refractivity (Wildman–Crippen MR) is 87.0 cm³/mol. The summed E-state index contributed by atoms with van der Waals surface area (Å²) in [6, 6.07) is 0. The van der Waals surface area contributed by atoms with Crippen molar-refractivity contribution in [1.29, 1.82) is 0 Å². The van der Waals surface area contributed by atoms with E-state index in [1.165, 1.54) is 5.01 Å². The number of aromatic nitrogens is 4. The normalized spacial score (nSPS) is 11.1. The summed E-state index contributed by atoms with van der Waals surface area (Å²) in [4.78, 5) is 9.15. The van der Waals surface area contributed by atoms with Crippen molar-refractivity contribution in [3.05, 3.63) is 27.5 Å². The SMILES string of the molecule is CCc1nnc(NCCc2csc(C(C)C)n2)nc1CC. The van der Waals surface area contributed by atoms with Crippen molar-refractivity contribution in [3.8, 4) is 0 Å². The molecule has 0 aliphatic rings. The molecule has 0 amide bonds. The fourth-order valence-electron chi connectivity index (χ4n) is 2.02. The highest BCUT2D eigenvalue weighted by atomic mass is 32.1. The van der Waals surface area contributed by atoms with Crippen LogP contribution in [0.15, 0.2) is 5.38 Å². The number of rotatable bonds is 7. The predicted octanol–water partition coefficient (Wildman–Crippen LogP) is 3.23. The maximum Gasteiger partial charge on any atom is 0.242 e. The van der Waals surface area contributed by atoms with Gasteiger partial charge in [0.1, 0.15) is 0 Å². The van der Waals surface area contributed by atoms with Crippen LogP contribution in [0.3, 0.4) is 0 Å². The minimum absolute atomic E-state index is 0.498. The van der Waals surface area contributed by atoms with Crippen LogP contribution in [0.5, 0.6) is 0 Å². The van der Waals surface area contributed by atoms with Crippen LogP contribution in [-0.2, 0) is 19.3 Å². The van der Waals surface area contributed by atoms with E-state index in [9.17, 15) is 0 Å². The monoisotopic (exact) mass is 305 g/mol. The highest BCUT2D eigenvalue weighted by molar-refractivity contribution is 7.09. The average molecular weight is 305 g/mol. The fourth-order valence-corrected chi connectivity index (χ4v) is 2.89. The van der Waals surface area contributed by atoms with E-state index < -0.39 is 0 Å². The second kappa shape index (κ2) is 7.45. The van der Waals surface area contributed by atoms with Crippen molar-refractivity contribution in [3.63, 3.8) is 0 Å². The maximum atomic E-state index is 4.62. The van der Waals surface area contributed by atoms with E-state index in [2.05, 4.69) is 58.6 Å². The molecule has 0 radical (unpaired) electrons. The standard InChI is InChI=1S/C15H23N5S/c1-5-12-13(6-2)19-20-15(18-12)16-8-7-11-9-21-14(17-11)10(3)4/h9-10H,5-8H2,1-4H3,(H,16,18,20). The lowest BCUT2D eigenvalue weighted by atomic mass is 10.2. The van der Waals surface area contributed by atoms with Crippen molar-refractivity contribution < 1.29 is 0 Å². The van der Waals surface area contributed by atoms with Crippen molar-refractivity contribution in [2.75, 3.05) is 11.9 Å². The molecule has 2 aromatic heterocycles. The van der Waals surface area contributed by atoms with Gasteiger partial charge in [0, 0.05) is 24.3 Å². The number of nitrogens with one attached hydrogen (secondary N) is 1. The van der Waals surface area contributed by atoms with Crippen LogP contribution in [0.4, 0.5) is 5.95 Å². The molecule has 0 saturated carbocycles. The van der Waals surface area contributed by atoms with Crippen LogP contribution in [0.2, 0.25) is 0 Å². The van der Waals surface area contributed by atoms with Crippen LogP contribution >= 0.6 is 11.3 Å². The molecule has 0 unspecified atom stereocenters. The van der Waals surface area contributed by atoms with Gasteiger partial charge in [-0.25, -0.2) is 9.97 Å². The first-order valence-electron chi connectivity index (χ1n) is 7.54.